The van der Waals surface area contributed by atoms with Crippen molar-refractivity contribution in [3.05, 3.63) is 59.3 Å². The van der Waals surface area contributed by atoms with Gasteiger partial charge in [0, 0.05) is 18.8 Å². The highest BCUT2D eigenvalue weighted by Crippen LogP contribution is 2.39. The van der Waals surface area contributed by atoms with Gasteiger partial charge in [-0.25, -0.2) is 9.78 Å². The minimum absolute atomic E-state index is 0.245. The second kappa shape index (κ2) is 7.54. The van der Waals surface area contributed by atoms with Crippen LogP contribution in [0.4, 0.5) is 4.79 Å². The maximum Gasteiger partial charge on any atom is 0.325 e. The number of imide groups is 1. The van der Waals surface area contributed by atoms with Crippen molar-refractivity contribution < 1.29 is 19.1 Å². The van der Waals surface area contributed by atoms with E-state index in [0.717, 1.165) is 34.4 Å². The van der Waals surface area contributed by atoms with E-state index in [1.807, 2.05) is 24.3 Å². The van der Waals surface area contributed by atoms with Gasteiger partial charge in [-0.1, -0.05) is 24.3 Å². The highest BCUT2D eigenvalue weighted by atomic mass is 16.5. The molecule has 2 heterocycles. The van der Waals surface area contributed by atoms with Gasteiger partial charge in [0.2, 0.25) is 11.8 Å². The number of nitrogens with one attached hydrogen (secondary N) is 2. The first-order valence-corrected chi connectivity index (χ1v) is 9.51. The first-order valence-electron chi connectivity index (χ1n) is 9.51. The monoisotopic (exact) mass is 394 g/mol. The van der Waals surface area contributed by atoms with Crippen LogP contribution in [-0.4, -0.2) is 41.4 Å². The molecule has 1 unspecified atom stereocenters. The van der Waals surface area contributed by atoms with E-state index in [4.69, 9.17) is 4.74 Å². The molecule has 2 N–H and O–H groups in total. The summed E-state index contributed by atoms with van der Waals surface area (Å²) in [4.78, 5) is 43.2. The number of hydrogen-bond donors (Lipinski definition) is 2. The third-order valence-corrected chi connectivity index (χ3v) is 5.45. The molecule has 4 amide bonds. The number of benzene rings is 1. The Morgan fingerprint density at radius 3 is 2.97 bits per heavy atom. The van der Waals surface area contributed by atoms with Gasteiger partial charge >= 0.3 is 6.03 Å². The summed E-state index contributed by atoms with van der Waals surface area (Å²) in [5.41, 5.74) is 1.63. The zero-order valence-electron chi connectivity index (χ0n) is 16.1. The van der Waals surface area contributed by atoms with Crippen LogP contribution in [0.2, 0.25) is 0 Å². The van der Waals surface area contributed by atoms with Crippen LogP contribution in [0.5, 0.6) is 5.88 Å². The van der Waals surface area contributed by atoms with Crippen LogP contribution in [0.15, 0.2) is 42.6 Å². The Hall–Kier alpha value is -3.42. The molecule has 1 aliphatic carbocycles. The van der Waals surface area contributed by atoms with Crippen LogP contribution in [0.1, 0.15) is 29.5 Å². The normalized spacial score (nSPS) is 20.4. The topological polar surface area (TPSA) is 101 Å². The SMILES string of the molecule is COc1cc(CNC(=O)CN2C(=O)NC3(CCCc4ccccc43)C2=O)ccn1. The molecular weight excluding hydrogens is 372 g/mol. The Morgan fingerprint density at radius 1 is 1.31 bits per heavy atom. The molecule has 2 aromatic rings. The molecule has 0 radical (unpaired) electrons. The lowest BCUT2D eigenvalue weighted by atomic mass is 9.76. The van der Waals surface area contributed by atoms with Gasteiger partial charge in [0.1, 0.15) is 12.1 Å². The molecule has 1 saturated heterocycles. The van der Waals surface area contributed by atoms with Gasteiger partial charge < -0.3 is 15.4 Å². The number of urea groups is 1. The zero-order chi connectivity index (χ0) is 20.4. The number of pyridine rings is 1. The van der Waals surface area contributed by atoms with E-state index >= 15 is 0 Å². The average molecular weight is 394 g/mol. The number of carbonyl (C=O) groups excluding carboxylic acids is 3. The molecule has 8 heteroatoms. The molecule has 150 valence electrons. The minimum atomic E-state index is -1.06. The number of rotatable bonds is 5. The number of aryl methyl sites for hydroxylation is 1. The number of amides is 4. The Bertz CT molecular complexity index is 977. The van der Waals surface area contributed by atoms with Crippen molar-refractivity contribution in [2.75, 3.05) is 13.7 Å². The van der Waals surface area contributed by atoms with Crippen molar-refractivity contribution in [1.29, 1.82) is 0 Å². The third-order valence-electron chi connectivity index (χ3n) is 5.45. The van der Waals surface area contributed by atoms with Crippen molar-refractivity contribution >= 4 is 17.8 Å². The number of aromatic nitrogens is 1. The van der Waals surface area contributed by atoms with E-state index in [1.54, 1.807) is 18.3 Å². The molecule has 2 aliphatic rings. The standard InChI is InChI=1S/C21H22N4O4/c1-29-18-11-14(8-10-22-18)12-23-17(26)13-25-19(27)21(24-20(25)28)9-4-6-15-5-2-3-7-16(15)21/h2-3,5,7-8,10-11H,4,6,9,12-13H2,1H3,(H,23,26)(H,24,28). The van der Waals surface area contributed by atoms with Crippen molar-refractivity contribution in [3.63, 3.8) is 0 Å². The Labute approximate surface area is 168 Å². The van der Waals surface area contributed by atoms with E-state index < -0.39 is 17.5 Å². The summed E-state index contributed by atoms with van der Waals surface area (Å²) in [6.45, 7) is -0.0772. The van der Waals surface area contributed by atoms with E-state index in [9.17, 15) is 14.4 Å². The highest BCUT2D eigenvalue weighted by molar-refractivity contribution is 6.09. The molecule has 0 bridgehead atoms. The minimum Gasteiger partial charge on any atom is -0.481 e. The molecule has 29 heavy (non-hydrogen) atoms. The Morgan fingerprint density at radius 2 is 2.14 bits per heavy atom. The van der Waals surface area contributed by atoms with Crippen molar-refractivity contribution in [3.8, 4) is 5.88 Å². The van der Waals surface area contributed by atoms with Gasteiger partial charge in [-0.05, 0) is 42.0 Å². The first kappa shape index (κ1) is 18.9. The molecule has 1 atom stereocenters. The number of hydrogen-bond acceptors (Lipinski definition) is 5. The summed E-state index contributed by atoms with van der Waals surface area (Å²) >= 11 is 0. The van der Waals surface area contributed by atoms with Crippen LogP contribution in [0.25, 0.3) is 0 Å². The Balaban J connectivity index is 1.45. The van der Waals surface area contributed by atoms with Gasteiger partial charge in [0.25, 0.3) is 5.91 Å². The van der Waals surface area contributed by atoms with Crippen molar-refractivity contribution in [2.24, 2.45) is 0 Å². The van der Waals surface area contributed by atoms with Gasteiger partial charge in [0.15, 0.2) is 0 Å². The lowest BCUT2D eigenvalue weighted by molar-refractivity contribution is -0.135. The molecule has 1 aliphatic heterocycles. The lowest BCUT2D eigenvalue weighted by Crippen LogP contribution is -2.47. The number of carbonyl (C=O) groups is 3. The van der Waals surface area contributed by atoms with E-state index in [2.05, 4.69) is 15.6 Å². The van der Waals surface area contributed by atoms with Crippen LogP contribution >= 0.6 is 0 Å². The molecule has 1 aromatic carbocycles. The number of nitrogens with zero attached hydrogens (tertiary/aromatic N) is 2. The van der Waals surface area contributed by atoms with Crippen LogP contribution in [0, 0.1) is 0 Å². The van der Waals surface area contributed by atoms with E-state index in [1.165, 1.54) is 7.11 Å². The van der Waals surface area contributed by atoms with Gasteiger partial charge in [0.05, 0.1) is 7.11 Å². The summed E-state index contributed by atoms with van der Waals surface area (Å²) in [5, 5.41) is 5.58. The summed E-state index contributed by atoms with van der Waals surface area (Å²) in [6.07, 6.45) is 3.79. The van der Waals surface area contributed by atoms with Gasteiger partial charge in [-0.2, -0.15) is 0 Å². The second-order valence-electron chi connectivity index (χ2n) is 7.22. The van der Waals surface area contributed by atoms with Gasteiger partial charge in [-0.15, -0.1) is 0 Å². The van der Waals surface area contributed by atoms with Crippen molar-refractivity contribution in [2.45, 2.75) is 31.3 Å². The summed E-state index contributed by atoms with van der Waals surface area (Å²) in [5.74, 6) is -0.329. The van der Waals surface area contributed by atoms with Crippen LogP contribution in [0.3, 0.4) is 0 Å². The lowest BCUT2D eigenvalue weighted by Gasteiger charge is -2.33. The van der Waals surface area contributed by atoms with Crippen LogP contribution < -0.4 is 15.4 Å². The quantitative estimate of drug-likeness (QED) is 0.749. The molecule has 8 nitrogen and oxygen atoms in total. The molecule has 1 aromatic heterocycles. The smallest absolute Gasteiger partial charge is 0.325 e. The molecule has 0 saturated carbocycles. The summed E-state index contributed by atoms with van der Waals surface area (Å²) in [6, 6.07) is 10.6. The predicted molar refractivity (Wildman–Crippen MR) is 104 cm³/mol. The largest absolute Gasteiger partial charge is 0.481 e. The first-order chi connectivity index (χ1) is 14.0. The van der Waals surface area contributed by atoms with Crippen molar-refractivity contribution in [1.82, 2.24) is 20.5 Å². The number of methoxy groups -OCH3 is 1. The molecule has 1 spiro atoms. The molecular formula is C21H22N4O4. The third kappa shape index (κ3) is 3.41. The Kier molecular flexibility index (Phi) is 4.92. The fraction of sp³-hybridized carbons (Fsp3) is 0.333. The maximum absolute atomic E-state index is 13.2. The fourth-order valence-corrected chi connectivity index (χ4v) is 4.03. The second-order valence-corrected chi connectivity index (χ2v) is 7.22. The van der Waals surface area contributed by atoms with E-state index in [-0.39, 0.29) is 19.0 Å². The fourth-order valence-electron chi connectivity index (χ4n) is 4.03. The molecule has 1 fully saturated rings. The number of fused-ring (bicyclic) bond motifs is 2. The van der Waals surface area contributed by atoms with Gasteiger partial charge in [-0.3, -0.25) is 14.5 Å². The summed E-state index contributed by atoms with van der Waals surface area (Å²) in [7, 11) is 1.52. The number of ether oxygens (including phenoxy) is 1. The van der Waals surface area contributed by atoms with Crippen LogP contribution in [-0.2, 0) is 28.1 Å². The predicted octanol–water partition coefficient (Wildman–Crippen LogP) is 1.49. The average Bonchev–Trinajstić information content (AvgIpc) is 2.97. The van der Waals surface area contributed by atoms with E-state index in [0.29, 0.717) is 12.3 Å². The highest BCUT2D eigenvalue weighted by Gasteiger charge is 2.54. The zero-order valence-corrected chi connectivity index (χ0v) is 16.1. The summed E-state index contributed by atoms with van der Waals surface area (Å²) < 4.78 is 5.06. The maximum atomic E-state index is 13.2. The molecule has 4 rings (SSSR count).